The predicted octanol–water partition coefficient (Wildman–Crippen LogP) is 0.105. The Morgan fingerprint density at radius 2 is 2.14 bits per heavy atom. The molecule has 0 bridgehead atoms. The van der Waals surface area contributed by atoms with Gasteiger partial charge < -0.3 is 20.5 Å². The first-order valence-corrected chi connectivity index (χ1v) is 6.61. The highest BCUT2D eigenvalue weighted by Gasteiger charge is 2.05. The summed E-state index contributed by atoms with van der Waals surface area (Å²) in [6, 6.07) is 1.78. The van der Waals surface area contributed by atoms with Crippen LogP contribution in [0.5, 0.6) is 0 Å². The van der Waals surface area contributed by atoms with Crippen LogP contribution < -0.4 is 11.1 Å². The molecule has 0 aliphatic rings. The maximum Gasteiger partial charge on any atom is 0.257 e. The molecule has 9 heteroatoms. The number of rotatable bonds is 9. The van der Waals surface area contributed by atoms with Crippen molar-refractivity contribution >= 4 is 11.9 Å². The molecule has 0 radical (unpaired) electrons. The van der Waals surface area contributed by atoms with E-state index < -0.39 is 0 Å². The SMILES string of the molecule is COCCOCCCNc1nc(N)nc(-n2cccn2)n1. The molecule has 0 atom stereocenters. The van der Waals surface area contributed by atoms with Crippen LogP contribution in [0.15, 0.2) is 18.5 Å². The molecular formula is C12H19N7O2. The van der Waals surface area contributed by atoms with Gasteiger partial charge in [0.1, 0.15) is 0 Å². The van der Waals surface area contributed by atoms with E-state index in [1.165, 1.54) is 4.68 Å². The van der Waals surface area contributed by atoms with Crippen molar-refractivity contribution in [2.45, 2.75) is 6.42 Å². The van der Waals surface area contributed by atoms with Gasteiger partial charge in [-0.1, -0.05) is 0 Å². The van der Waals surface area contributed by atoms with Crippen LogP contribution in [0, 0.1) is 0 Å². The van der Waals surface area contributed by atoms with E-state index in [2.05, 4.69) is 25.4 Å². The monoisotopic (exact) mass is 293 g/mol. The number of hydrogen-bond donors (Lipinski definition) is 2. The molecule has 2 rings (SSSR count). The lowest BCUT2D eigenvalue weighted by atomic mass is 10.4. The number of nitrogens with two attached hydrogens (primary N) is 1. The Hall–Kier alpha value is -2.26. The Morgan fingerprint density at radius 1 is 1.24 bits per heavy atom. The van der Waals surface area contributed by atoms with Crippen molar-refractivity contribution in [2.24, 2.45) is 0 Å². The number of nitrogen functional groups attached to an aromatic ring is 1. The molecule has 0 aliphatic heterocycles. The summed E-state index contributed by atoms with van der Waals surface area (Å²) in [4.78, 5) is 12.3. The molecule has 0 spiro atoms. The van der Waals surface area contributed by atoms with E-state index in [1.807, 2.05) is 0 Å². The first kappa shape index (κ1) is 15.1. The van der Waals surface area contributed by atoms with Crippen LogP contribution in [0.4, 0.5) is 11.9 Å². The van der Waals surface area contributed by atoms with E-state index in [9.17, 15) is 0 Å². The molecule has 0 aliphatic carbocycles. The Kier molecular flexibility index (Phi) is 5.85. The van der Waals surface area contributed by atoms with Gasteiger partial charge in [-0.05, 0) is 12.5 Å². The van der Waals surface area contributed by atoms with E-state index in [1.54, 1.807) is 25.6 Å². The minimum absolute atomic E-state index is 0.148. The van der Waals surface area contributed by atoms with Crippen LogP contribution in [0.2, 0.25) is 0 Å². The zero-order chi connectivity index (χ0) is 14.9. The smallest absolute Gasteiger partial charge is 0.257 e. The number of methoxy groups -OCH3 is 1. The quantitative estimate of drug-likeness (QED) is 0.626. The minimum atomic E-state index is 0.148. The van der Waals surface area contributed by atoms with E-state index in [-0.39, 0.29) is 5.95 Å². The molecule has 3 N–H and O–H groups in total. The Labute approximate surface area is 122 Å². The molecule has 114 valence electrons. The summed E-state index contributed by atoms with van der Waals surface area (Å²) in [5.74, 6) is 0.950. The number of hydrogen-bond acceptors (Lipinski definition) is 8. The number of ether oxygens (including phenoxy) is 2. The summed E-state index contributed by atoms with van der Waals surface area (Å²) < 4.78 is 11.8. The lowest BCUT2D eigenvalue weighted by Crippen LogP contribution is -2.13. The van der Waals surface area contributed by atoms with Crippen LogP contribution in [-0.4, -0.2) is 58.2 Å². The van der Waals surface area contributed by atoms with Gasteiger partial charge in [0.25, 0.3) is 5.95 Å². The summed E-state index contributed by atoms with van der Waals surface area (Å²) in [6.07, 6.45) is 4.21. The number of nitrogens with one attached hydrogen (secondary N) is 1. The van der Waals surface area contributed by atoms with Gasteiger partial charge in [0.15, 0.2) is 0 Å². The van der Waals surface area contributed by atoms with Crippen molar-refractivity contribution in [1.82, 2.24) is 24.7 Å². The first-order valence-electron chi connectivity index (χ1n) is 6.61. The highest BCUT2D eigenvalue weighted by molar-refractivity contribution is 5.34. The molecule has 2 heterocycles. The second-order valence-electron chi connectivity index (χ2n) is 4.15. The molecular weight excluding hydrogens is 274 g/mol. The fourth-order valence-electron chi connectivity index (χ4n) is 1.57. The minimum Gasteiger partial charge on any atom is -0.382 e. The molecule has 0 amide bonds. The van der Waals surface area contributed by atoms with E-state index in [4.69, 9.17) is 15.2 Å². The number of anilines is 2. The fraction of sp³-hybridized carbons (Fsp3) is 0.500. The van der Waals surface area contributed by atoms with Gasteiger partial charge in [-0.25, -0.2) is 4.68 Å². The van der Waals surface area contributed by atoms with Crippen LogP contribution in [0.3, 0.4) is 0 Å². The highest BCUT2D eigenvalue weighted by Crippen LogP contribution is 2.06. The summed E-state index contributed by atoms with van der Waals surface area (Å²) >= 11 is 0. The molecule has 0 saturated heterocycles. The molecule has 9 nitrogen and oxygen atoms in total. The summed E-state index contributed by atoms with van der Waals surface area (Å²) in [5.41, 5.74) is 5.67. The zero-order valence-corrected chi connectivity index (χ0v) is 11.9. The Morgan fingerprint density at radius 3 is 2.90 bits per heavy atom. The molecule has 0 unspecified atom stereocenters. The maximum absolute atomic E-state index is 5.67. The summed E-state index contributed by atoms with van der Waals surface area (Å²) in [6.45, 7) is 2.52. The third-order valence-corrected chi connectivity index (χ3v) is 2.53. The number of nitrogens with zero attached hydrogens (tertiary/aromatic N) is 5. The molecule has 2 aromatic heterocycles. The fourth-order valence-corrected chi connectivity index (χ4v) is 1.57. The Bertz CT molecular complexity index is 532. The molecule has 2 aromatic rings. The Balaban J connectivity index is 1.81. The molecule has 0 saturated carbocycles. The average Bonchev–Trinajstić information content (AvgIpc) is 3.00. The standard InChI is InChI=1S/C12H19N7O2/c1-20-8-9-21-7-3-4-14-11-16-10(13)17-12(18-11)19-6-2-5-15-19/h2,5-6H,3-4,7-9H2,1H3,(H3,13,14,16,17,18). The van der Waals surface area contributed by atoms with Gasteiger partial charge in [0, 0.05) is 32.7 Å². The second kappa shape index (κ2) is 8.12. The third kappa shape index (κ3) is 4.97. The normalized spacial score (nSPS) is 10.7. The van der Waals surface area contributed by atoms with Crippen LogP contribution in [0.25, 0.3) is 5.95 Å². The van der Waals surface area contributed by atoms with Crippen LogP contribution in [0.1, 0.15) is 6.42 Å². The number of aromatic nitrogens is 5. The highest BCUT2D eigenvalue weighted by atomic mass is 16.5. The van der Waals surface area contributed by atoms with Gasteiger partial charge >= 0.3 is 0 Å². The van der Waals surface area contributed by atoms with Crippen molar-refractivity contribution in [2.75, 3.05) is 44.5 Å². The van der Waals surface area contributed by atoms with E-state index in [0.29, 0.717) is 38.3 Å². The average molecular weight is 293 g/mol. The van der Waals surface area contributed by atoms with E-state index in [0.717, 1.165) is 6.42 Å². The predicted molar refractivity (Wildman–Crippen MR) is 77.2 cm³/mol. The van der Waals surface area contributed by atoms with E-state index >= 15 is 0 Å². The molecule has 0 fully saturated rings. The zero-order valence-electron chi connectivity index (χ0n) is 11.9. The summed E-state index contributed by atoms with van der Waals surface area (Å²) in [7, 11) is 1.65. The van der Waals surface area contributed by atoms with Gasteiger partial charge in [-0.3, -0.25) is 0 Å². The van der Waals surface area contributed by atoms with Crippen molar-refractivity contribution < 1.29 is 9.47 Å². The van der Waals surface area contributed by atoms with Gasteiger partial charge in [0.05, 0.1) is 13.2 Å². The largest absolute Gasteiger partial charge is 0.382 e. The van der Waals surface area contributed by atoms with Crippen molar-refractivity contribution in [3.8, 4) is 5.95 Å². The van der Waals surface area contributed by atoms with Crippen molar-refractivity contribution in [1.29, 1.82) is 0 Å². The summed E-state index contributed by atoms with van der Waals surface area (Å²) in [5, 5.41) is 7.14. The second-order valence-corrected chi connectivity index (χ2v) is 4.15. The van der Waals surface area contributed by atoms with Gasteiger partial charge in [-0.2, -0.15) is 20.1 Å². The van der Waals surface area contributed by atoms with Crippen LogP contribution in [-0.2, 0) is 9.47 Å². The first-order chi connectivity index (χ1) is 10.3. The van der Waals surface area contributed by atoms with Gasteiger partial charge in [0.2, 0.25) is 11.9 Å². The van der Waals surface area contributed by atoms with Gasteiger partial charge in [-0.15, -0.1) is 0 Å². The molecule has 21 heavy (non-hydrogen) atoms. The third-order valence-electron chi connectivity index (χ3n) is 2.53. The van der Waals surface area contributed by atoms with Crippen molar-refractivity contribution in [3.63, 3.8) is 0 Å². The topological polar surface area (TPSA) is 113 Å². The lowest BCUT2D eigenvalue weighted by Gasteiger charge is -2.07. The van der Waals surface area contributed by atoms with Crippen LogP contribution >= 0.6 is 0 Å². The van der Waals surface area contributed by atoms with Crippen molar-refractivity contribution in [3.05, 3.63) is 18.5 Å². The molecule has 0 aromatic carbocycles. The lowest BCUT2D eigenvalue weighted by molar-refractivity contribution is 0.0705. The maximum atomic E-state index is 5.67.